The van der Waals surface area contributed by atoms with E-state index in [0.717, 1.165) is 18.2 Å². The van der Waals surface area contributed by atoms with E-state index in [-0.39, 0.29) is 18.2 Å². The summed E-state index contributed by atoms with van der Waals surface area (Å²) in [6.45, 7) is 0. The van der Waals surface area contributed by atoms with Gasteiger partial charge in [-0.2, -0.15) is 65.8 Å². The topological polar surface area (TPSA) is 119 Å². The third kappa shape index (κ3) is 5.06. The lowest BCUT2D eigenvalue weighted by molar-refractivity contribution is -0.143. The largest absolute Gasteiger partial charge is 0.417 e. The van der Waals surface area contributed by atoms with Crippen molar-refractivity contribution in [2.24, 2.45) is 0 Å². The molecule has 0 N–H and O–H groups in total. The van der Waals surface area contributed by atoms with Crippen LogP contribution in [0, 0.1) is 56.7 Å². The molecule has 0 unspecified atom stereocenters. The normalized spacial score (nSPS) is 12.3. The van der Waals surface area contributed by atoms with E-state index in [0.29, 0.717) is 6.07 Å². The van der Waals surface area contributed by atoms with Gasteiger partial charge in [-0.1, -0.05) is 0 Å². The average molecular weight is 509 g/mol. The quantitative estimate of drug-likeness (QED) is 0.528. The molecule has 2 rings (SSSR count). The molecule has 0 heterocycles. The minimum absolute atomic E-state index is 0.0122. The van der Waals surface area contributed by atoms with Gasteiger partial charge in [-0.15, -0.1) is 0 Å². The second-order valence-corrected chi connectivity index (χ2v) is 6.70. The van der Waals surface area contributed by atoms with Gasteiger partial charge in [0.25, 0.3) is 0 Å². The number of benzene rings is 2. The molecule has 0 aliphatic carbocycles. The van der Waals surface area contributed by atoms with E-state index in [9.17, 15) is 50.0 Å². The van der Waals surface area contributed by atoms with E-state index in [2.05, 4.69) is 0 Å². The molecular weight excluding hydrogens is 505 g/mol. The van der Waals surface area contributed by atoms with Crippen LogP contribution in [-0.2, 0) is 18.5 Å². The summed E-state index contributed by atoms with van der Waals surface area (Å²) in [6, 6.07) is 6.21. The highest BCUT2D eigenvalue weighted by atomic mass is 19.4. The molecule has 180 valence electrons. The van der Waals surface area contributed by atoms with Gasteiger partial charge in [0.05, 0.1) is 39.5 Å². The van der Waals surface area contributed by atoms with Crippen molar-refractivity contribution in [2.75, 3.05) is 0 Å². The maximum absolute atomic E-state index is 13.7. The highest BCUT2D eigenvalue weighted by Crippen LogP contribution is 2.41. The fourth-order valence-electron chi connectivity index (χ4n) is 3.15. The number of alkyl halides is 9. The summed E-state index contributed by atoms with van der Waals surface area (Å²) in [6.07, 6.45) is -16.4. The predicted molar refractivity (Wildman–Crippen MR) is 99.3 cm³/mol. The fraction of sp³-hybridized carbons (Fsp3) is 0.136. The van der Waals surface area contributed by atoms with Crippen LogP contribution in [0.4, 0.5) is 39.5 Å². The van der Waals surface area contributed by atoms with E-state index < -0.39 is 73.5 Å². The van der Waals surface area contributed by atoms with E-state index in [1.165, 1.54) is 12.1 Å². The van der Waals surface area contributed by atoms with Gasteiger partial charge in [-0.3, -0.25) is 0 Å². The average Bonchev–Trinajstić information content (AvgIpc) is 2.78. The van der Waals surface area contributed by atoms with Gasteiger partial charge < -0.3 is 0 Å². The minimum atomic E-state index is -5.52. The summed E-state index contributed by atoms with van der Waals surface area (Å²) in [5.41, 5.74) is -12.2. The standard InChI is InChI=1S/C22H4F9N5/c23-20(24,25)16-2-11(3-17(15(16)9-36)21(26,27)28)14(8-35)10-1-12(5-32)19(13(6-33)7-34)18(4-10)22(29,30)31/h1-4H/b14-10-. The van der Waals surface area contributed by atoms with Gasteiger partial charge in [0, 0.05) is 5.22 Å². The molecule has 0 saturated carbocycles. The maximum Gasteiger partial charge on any atom is 0.417 e. The third-order valence-electron chi connectivity index (χ3n) is 4.59. The van der Waals surface area contributed by atoms with E-state index in [1.54, 1.807) is 0 Å². The molecule has 0 aliphatic rings. The van der Waals surface area contributed by atoms with Crippen LogP contribution in [0.5, 0.6) is 0 Å². The molecule has 2 aromatic carbocycles. The Hall–Kier alpha value is -5.00. The second kappa shape index (κ2) is 9.33. The summed E-state index contributed by atoms with van der Waals surface area (Å²) in [4.78, 5) is 0. The van der Waals surface area contributed by atoms with Crippen LogP contribution < -0.4 is 10.4 Å². The Bertz CT molecular complexity index is 1540. The van der Waals surface area contributed by atoms with E-state index in [1.807, 2.05) is 0 Å². The first-order valence-electron chi connectivity index (χ1n) is 8.88. The summed E-state index contributed by atoms with van der Waals surface area (Å²) in [5, 5.41) is 43.5. The van der Waals surface area contributed by atoms with Crippen LogP contribution in [0.1, 0.15) is 33.4 Å². The first-order valence-corrected chi connectivity index (χ1v) is 8.88. The molecular formula is C22H4F9N5. The van der Waals surface area contributed by atoms with Crippen molar-refractivity contribution >= 4 is 11.1 Å². The molecule has 0 amide bonds. The predicted octanol–water partition coefficient (Wildman–Crippen LogP) is 4.41. The SMILES string of the molecule is N#CC(C#N)=c1c(C#N)c/c(=C(\C#N)c2cc(C(F)(F)F)c(C#N)c(C(F)(F)F)c2)cc1C(F)(F)F. The molecule has 0 bridgehead atoms. The zero-order valence-corrected chi connectivity index (χ0v) is 16.9. The van der Waals surface area contributed by atoms with Crippen molar-refractivity contribution in [2.45, 2.75) is 18.5 Å². The van der Waals surface area contributed by atoms with Crippen molar-refractivity contribution < 1.29 is 39.5 Å². The highest BCUT2D eigenvalue weighted by Gasteiger charge is 2.42. The smallest absolute Gasteiger partial charge is 0.192 e. The lowest BCUT2D eigenvalue weighted by Gasteiger charge is -2.17. The number of hydrogen-bond donors (Lipinski definition) is 0. The van der Waals surface area contributed by atoms with E-state index >= 15 is 0 Å². The number of halogens is 9. The van der Waals surface area contributed by atoms with Gasteiger partial charge >= 0.3 is 18.5 Å². The Morgan fingerprint density at radius 1 is 0.583 bits per heavy atom. The molecule has 36 heavy (non-hydrogen) atoms. The molecule has 0 fully saturated rings. The zero-order valence-electron chi connectivity index (χ0n) is 16.9. The van der Waals surface area contributed by atoms with Gasteiger partial charge in [0.1, 0.15) is 29.8 Å². The fourth-order valence-corrected chi connectivity index (χ4v) is 3.15. The van der Waals surface area contributed by atoms with Gasteiger partial charge in [-0.25, -0.2) is 0 Å². The van der Waals surface area contributed by atoms with Crippen molar-refractivity contribution in [1.29, 1.82) is 26.3 Å². The van der Waals surface area contributed by atoms with E-state index in [4.69, 9.17) is 15.8 Å². The first-order chi connectivity index (χ1) is 16.5. The zero-order chi connectivity index (χ0) is 27.6. The highest BCUT2D eigenvalue weighted by molar-refractivity contribution is 5.80. The summed E-state index contributed by atoms with van der Waals surface area (Å²) < 4.78 is 122. The Morgan fingerprint density at radius 3 is 1.39 bits per heavy atom. The van der Waals surface area contributed by atoms with Crippen LogP contribution >= 0.6 is 0 Å². The van der Waals surface area contributed by atoms with Crippen molar-refractivity contribution in [3.8, 4) is 30.3 Å². The number of hydrogen-bond acceptors (Lipinski definition) is 5. The second-order valence-electron chi connectivity index (χ2n) is 6.70. The van der Waals surface area contributed by atoms with Gasteiger partial charge in [0.2, 0.25) is 0 Å². The lowest BCUT2D eigenvalue weighted by Crippen LogP contribution is -2.28. The molecule has 0 atom stereocenters. The lowest BCUT2D eigenvalue weighted by atomic mass is 9.92. The first kappa shape index (κ1) is 27.2. The molecule has 0 radical (unpaired) electrons. The van der Waals surface area contributed by atoms with Crippen LogP contribution in [0.25, 0.3) is 11.1 Å². The molecule has 0 spiro atoms. The van der Waals surface area contributed by atoms with Crippen LogP contribution in [0.15, 0.2) is 24.3 Å². The maximum atomic E-state index is 13.7. The Balaban J connectivity index is 3.29. The third-order valence-corrected chi connectivity index (χ3v) is 4.59. The van der Waals surface area contributed by atoms with Crippen molar-refractivity contribution in [3.63, 3.8) is 0 Å². The minimum Gasteiger partial charge on any atom is -0.192 e. The molecule has 5 nitrogen and oxygen atoms in total. The summed E-state index contributed by atoms with van der Waals surface area (Å²) >= 11 is 0. The molecule has 0 aliphatic heterocycles. The summed E-state index contributed by atoms with van der Waals surface area (Å²) in [7, 11) is 0. The Kier molecular flexibility index (Phi) is 7.06. The van der Waals surface area contributed by atoms with Crippen LogP contribution in [0.3, 0.4) is 0 Å². The summed E-state index contributed by atoms with van der Waals surface area (Å²) in [5.74, 6) is 0. The molecule has 2 aromatic rings. The number of nitriles is 5. The van der Waals surface area contributed by atoms with Crippen LogP contribution in [0.2, 0.25) is 0 Å². The van der Waals surface area contributed by atoms with Crippen molar-refractivity contribution in [1.82, 2.24) is 0 Å². The Labute approximate surface area is 194 Å². The number of rotatable bonds is 1. The molecule has 0 aromatic heterocycles. The number of nitrogens with zero attached hydrogens (tertiary/aromatic N) is 5. The molecule has 14 heteroatoms. The van der Waals surface area contributed by atoms with Gasteiger partial charge in [-0.05, 0) is 35.0 Å². The Morgan fingerprint density at radius 2 is 1.06 bits per heavy atom. The van der Waals surface area contributed by atoms with Crippen LogP contribution in [-0.4, -0.2) is 0 Å². The molecule has 0 saturated heterocycles. The van der Waals surface area contributed by atoms with Gasteiger partial charge in [0.15, 0.2) is 0 Å². The van der Waals surface area contributed by atoms with Crippen molar-refractivity contribution in [3.05, 3.63) is 68.1 Å². The monoisotopic (exact) mass is 509 g/mol.